The molecule has 0 spiro atoms. The molecule has 1 aromatic carbocycles. The standard InChI is InChI=1S/C16H20N2O2/c17-13-14-7-4-5-8-15(14)20-12-11-18-10-6-2-1-3-9-16(18)19/h4-5,7-8H,1-3,6,9-12H2. The van der Waals surface area contributed by atoms with Gasteiger partial charge in [-0.25, -0.2) is 0 Å². The second-order valence-corrected chi connectivity index (χ2v) is 5.00. The SMILES string of the molecule is N#Cc1ccccc1OCCN1CCCCCCC1=O. The highest BCUT2D eigenvalue weighted by atomic mass is 16.5. The van der Waals surface area contributed by atoms with Crippen LogP contribution in [0.25, 0.3) is 0 Å². The molecule has 1 saturated heterocycles. The van der Waals surface area contributed by atoms with Crippen LogP contribution in [0.2, 0.25) is 0 Å². The highest BCUT2D eigenvalue weighted by molar-refractivity contribution is 5.76. The van der Waals surface area contributed by atoms with Gasteiger partial charge >= 0.3 is 0 Å². The molecule has 0 atom stereocenters. The summed E-state index contributed by atoms with van der Waals surface area (Å²) in [5.74, 6) is 0.816. The number of benzene rings is 1. The second-order valence-electron chi connectivity index (χ2n) is 5.00. The van der Waals surface area contributed by atoms with Gasteiger partial charge in [-0.1, -0.05) is 25.0 Å². The van der Waals surface area contributed by atoms with Crippen LogP contribution in [0, 0.1) is 11.3 Å². The fourth-order valence-electron chi connectivity index (χ4n) is 2.40. The van der Waals surface area contributed by atoms with Gasteiger partial charge in [0.25, 0.3) is 0 Å². The molecule has 1 aliphatic heterocycles. The van der Waals surface area contributed by atoms with E-state index in [4.69, 9.17) is 10.00 Å². The van der Waals surface area contributed by atoms with Crippen molar-refractivity contribution < 1.29 is 9.53 Å². The molecule has 0 saturated carbocycles. The fraction of sp³-hybridized carbons (Fsp3) is 0.500. The number of carbonyl (C=O) groups is 1. The van der Waals surface area contributed by atoms with Crippen LogP contribution in [0.3, 0.4) is 0 Å². The van der Waals surface area contributed by atoms with Gasteiger partial charge in [-0.2, -0.15) is 5.26 Å². The van der Waals surface area contributed by atoms with Crippen molar-refractivity contribution in [1.29, 1.82) is 5.26 Å². The Labute approximate surface area is 120 Å². The van der Waals surface area contributed by atoms with Crippen LogP contribution >= 0.6 is 0 Å². The minimum atomic E-state index is 0.224. The van der Waals surface area contributed by atoms with Gasteiger partial charge in [0.15, 0.2) is 0 Å². The maximum atomic E-state index is 12.0. The summed E-state index contributed by atoms with van der Waals surface area (Å²) in [7, 11) is 0. The van der Waals surface area contributed by atoms with E-state index in [1.165, 1.54) is 6.42 Å². The van der Waals surface area contributed by atoms with Crippen molar-refractivity contribution in [3.8, 4) is 11.8 Å². The van der Waals surface area contributed by atoms with Gasteiger partial charge in [0.2, 0.25) is 5.91 Å². The monoisotopic (exact) mass is 272 g/mol. The maximum Gasteiger partial charge on any atom is 0.222 e. The van der Waals surface area contributed by atoms with Crippen molar-refractivity contribution in [2.45, 2.75) is 32.1 Å². The van der Waals surface area contributed by atoms with Crippen LogP contribution in [-0.4, -0.2) is 30.5 Å². The smallest absolute Gasteiger partial charge is 0.222 e. The third-order valence-corrected chi connectivity index (χ3v) is 3.55. The molecule has 4 heteroatoms. The van der Waals surface area contributed by atoms with E-state index < -0.39 is 0 Å². The van der Waals surface area contributed by atoms with Crippen LogP contribution in [-0.2, 0) is 4.79 Å². The van der Waals surface area contributed by atoms with Gasteiger partial charge in [-0.3, -0.25) is 4.79 Å². The van der Waals surface area contributed by atoms with E-state index in [1.807, 2.05) is 17.0 Å². The van der Waals surface area contributed by atoms with E-state index in [-0.39, 0.29) is 5.91 Å². The molecule has 0 radical (unpaired) electrons. The number of amides is 1. The van der Waals surface area contributed by atoms with Crippen LogP contribution < -0.4 is 4.74 Å². The molecule has 0 N–H and O–H groups in total. The number of hydrogen-bond acceptors (Lipinski definition) is 3. The summed E-state index contributed by atoms with van der Waals surface area (Å²) in [4.78, 5) is 13.8. The second kappa shape index (κ2) is 7.54. The van der Waals surface area contributed by atoms with Crippen molar-refractivity contribution in [1.82, 2.24) is 4.90 Å². The normalized spacial score (nSPS) is 16.1. The van der Waals surface area contributed by atoms with Gasteiger partial charge < -0.3 is 9.64 Å². The molecule has 0 bridgehead atoms. The molecule has 1 aliphatic rings. The highest BCUT2D eigenvalue weighted by Gasteiger charge is 2.15. The molecule has 4 nitrogen and oxygen atoms in total. The maximum absolute atomic E-state index is 12.0. The lowest BCUT2D eigenvalue weighted by molar-refractivity contribution is -0.132. The zero-order valence-electron chi connectivity index (χ0n) is 11.7. The number of likely N-dealkylation sites (tertiary alicyclic amines) is 1. The zero-order chi connectivity index (χ0) is 14.2. The molecule has 0 unspecified atom stereocenters. The van der Waals surface area contributed by atoms with Gasteiger partial charge in [-0.05, 0) is 25.0 Å². The van der Waals surface area contributed by atoms with E-state index in [1.54, 1.807) is 12.1 Å². The Balaban J connectivity index is 1.85. The molecule has 0 aromatic heterocycles. The Hall–Kier alpha value is -2.02. The van der Waals surface area contributed by atoms with E-state index >= 15 is 0 Å². The largest absolute Gasteiger partial charge is 0.490 e. The molecule has 1 heterocycles. The molecule has 1 amide bonds. The third kappa shape index (κ3) is 3.99. The first-order chi connectivity index (χ1) is 9.81. The van der Waals surface area contributed by atoms with Crippen molar-refractivity contribution in [3.05, 3.63) is 29.8 Å². The third-order valence-electron chi connectivity index (χ3n) is 3.55. The van der Waals surface area contributed by atoms with Crippen LogP contribution in [0.4, 0.5) is 0 Å². The number of hydrogen-bond donors (Lipinski definition) is 0. The van der Waals surface area contributed by atoms with E-state index in [0.29, 0.717) is 30.9 Å². The average Bonchev–Trinajstić information content (AvgIpc) is 2.46. The number of nitrogens with zero attached hydrogens (tertiary/aromatic N) is 2. The zero-order valence-corrected chi connectivity index (χ0v) is 11.7. The number of para-hydroxylation sites is 1. The first-order valence-corrected chi connectivity index (χ1v) is 7.21. The van der Waals surface area contributed by atoms with E-state index in [2.05, 4.69) is 6.07 Å². The first kappa shape index (κ1) is 14.4. The fourth-order valence-corrected chi connectivity index (χ4v) is 2.40. The minimum Gasteiger partial charge on any atom is -0.490 e. The van der Waals surface area contributed by atoms with Crippen molar-refractivity contribution >= 4 is 5.91 Å². The van der Waals surface area contributed by atoms with E-state index in [0.717, 1.165) is 25.8 Å². The number of carbonyl (C=O) groups excluding carboxylic acids is 1. The van der Waals surface area contributed by atoms with Crippen molar-refractivity contribution in [2.75, 3.05) is 19.7 Å². The number of nitriles is 1. The topological polar surface area (TPSA) is 53.3 Å². The van der Waals surface area contributed by atoms with Crippen LogP contribution in [0.5, 0.6) is 5.75 Å². The minimum absolute atomic E-state index is 0.224. The predicted octanol–water partition coefficient (Wildman–Crippen LogP) is 2.73. The average molecular weight is 272 g/mol. The predicted molar refractivity (Wildman–Crippen MR) is 76.3 cm³/mol. The molecule has 0 aliphatic carbocycles. The molecule has 2 rings (SSSR count). The molecular weight excluding hydrogens is 252 g/mol. The summed E-state index contributed by atoms with van der Waals surface area (Å²) in [6.45, 7) is 1.85. The Kier molecular flexibility index (Phi) is 5.43. The first-order valence-electron chi connectivity index (χ1n) is 7.21. The number of rotatable bonds is 4. The van der Waals surface area contributed by atoms with E-state index in [9.17, 15) is 4.79 Å². The lowest BCUT2D eigenvalue weighted by Crippen LogP contribution is -2.36. The number of ether oxygens (including phenoxy) is 1. The van der Waals surface area contributed by atoms with Crippen molar-refractivity contribution in [3.63, 3.8) is 0 Å². The van der Waals surface area contributed by atoms with Gasteiger partial charge in [0.05, 0.1) is 12.1 Å². The molecule has 20 heavy (non-hydrogen) atoms. The lowest BCUT2D eigenvalue weighted by atomic mass is 10.1. The molecule has 1 aromatic rings. The van der Waals surface area contributed by atoms with Crippen LogP contribution in [0.15, 0.2) is 24.3 Å². The Bertz CT molecular complexity index is 493. The van der Waals surface area contributed by atoms with Gasteiger partial charge in [0.1, 0.15) is 18.4 Å². The highest BCUT2D eigenvalue weighted by Crippen LogP contribution is 2.17. The quantitative estimate of drug-likeness (QED) is 0.846. The molecule has 1 fully saturated rings. The molecule has 106 valence electrons. The van der Waals surface area contributed by atoms with Gasteiger partial charge in [-0.15, -0.1) is 0 Å². The summed E-state index contributed by atoms with van der Waals surface area (Å²) in [5.41, 5.74) is 0.534. The van der Waals surface area contributed by atoms with Gasteiger partial charge in [0, 0.05) is 13.0 Å². The Morgan fingerprint density at radius 1 is 1.20 bits per heavy atom. The summed E-state index contributed by atoms with van der Waals surface area (Å²) in [6, 6.07) is 9.28. The summed E-state index contributed by atoms with van der Waals surface area (Å²) in [6.07, 6.45) is 5.07. The summed E-state index contributed by atoms with van der Waals surface area (Å²) in [5, 5.41) is 8.98. The van der Waals surface area contributed by atoms with Crippen LogP contribution in [0.1, 0.15) is 37.7 Å². The molecular formula is C16H20N2O2. The lowest BCUT2D eigenvalue weighted by Gasteiger charge is -2.24. The Morgan fingerprint density at radius 2 is 2.00 bits per heavy atom. The summed E-state index contributed by atoms with van der Waals surface area (Å²) >= 11 is 0. The summed E-state index contributed by atoms with van der Waals surface area (Å²) < 4.78 is 5.63. The van der Waals surface area contributed by atoms with Crippen molar-refractivity contribution in [2.24, 2.45) is 0 Å². The Morgan fingerprint density at radius 3 is 2.85 bits per heavy atom.